The van der Waals surface area contributed by atoms with E-state index >= 15 is 0 Å². The maximum absolute atomic E-state index is 4.15. The summed E-state index contributed by atoms with van der Waals surface area (Å²) < 4.78 is 0. The highest BCUT2D eigenvalue weighted by molar-refractivity contribution is 7.09. The molecule has 18 heavy (non-hydrogen) atoms. The molecule has 1 N–H and O–H groups in total. The Morgan fingerprint density at radius 1 is 1.17 bits per heavy atom. The van der Waals surface area contributed by atoms with Gasteiger partial charge in [-0.3, -0.25) is 9.97 Å². The number of nitrogens with zero attached hydrogens (tertiary/aromatic N) is 2. The monoisotopic (exact) mass is 255 g/mol. The summed E-state index contributed by atoms with van der Waals surface area (Å²) in [6.45, 7) is 2.15. The van der Waals surface area contributed by atoms with E-state index in [2.05, 4.69) is 34.3 Å². The fourth-order valence-corrected chi connectivity index (χ4v) is 2.62. The number of fused-ring (bicyclic) bond motifs is 1. The van der Waals surface area contributed by atoms with E-state index in [1.165, 1.54) is 10.3 Å². The molecule has 0 amide bonds. The fourth-order valence-electron chi connectivity index (χ4n) is 1.99. The number of benzene rings is 1. The maximum atomic E-state index is 4.15. The molecule has 0 aliphatic heterocycles. The van der Waals surface area contributed by atoms with Gasteiger partial charge in [0.15, 0.2) is 0 Å². The first-order valence-corrected chi connectivity index (χ1v) is 6.70. The van der Waals surface area contributed by atoms with E-state index < -0.39 is 0 Å². The van der Waals surface area contributed by atoms with Gasteiger partial charge >= 0.3 is 0 Å². The zero-order chi connectivity index (χ0) is 12.4. The minimum absolute atomic E-state index is 0.260. The van der Waals surface area contributed by atoms with Gasteiger partial charge in [0, 0.05) is 39.9 Å². The minimum atomic E-state index is 0.260. The van der Waals surface area contributed by atoms with Crippen molar-refractivity contribution in [2.45, 2.75) is 13.0 Å². The van der Waals surface area contributed by atoms with Crippen LogP contribution in [0.3, 0.4) is 0 Å². The maximum Gasteiger partial charge on any atom is 0.0795 e. The van der Waals surface area contributed by atoms with Crippen molar-refractivity contribution in [3.05, 3.63) is 53.2 Å². The second-order valence-electron chi connectivity index (χ2n) is 4.17. The lowest BCUT2D eigenvalue weighted by molar-refractivity contribution is 0.906. The molecule has 0 saturated heterocycles. The van der Waals surface area contributed by atoms with E-state index in [4.69, 9.17) is 0 Å². The van der Waals surface area contributed by atoms with Crippen LogP contribution in [0.15, 0.2) is 48.4 Å². The Hall–Kier alpha value is -1.94. The lowest BCUT2D eigenvalue weighted by atomic mass is 10.1. The normalized spacial score (nSPS) is 12.5. The average molecular weight is 255 g/mol. The van der Waals surface area contributed by atoms with E-state index in [0.29, 0.717) is 0 Å². The number of thiazole rings is 1. The highest BCUT2D eigenvalue weighted by Gasteiger charge is 2.08. The van der Waals surface area contributed by atoms with Crippen molar-refractivity contribution in [1.82, 2.24) is 9.97 Å². The van der Waals surface area contributed by atoms with Gasteiger partial charge in [-0.15, -0.1) is 11.3 Å². The number of nitrogens with one attached hydrogen (secondary N) is 1. The van der Waals surface area contributed by atoms with Gasteiger partial charge in [0.25, 0.3) is 0 Å². The zero-order valence-corrected chi connectivity index (χ0v) is 10.8. The molecular weight excluding hydrogens is 242 g/mol. The number of aromatic nitrogens is 2. The van der Waals surface area contributed by atoms with Crippen LogP contribution in [0.5, 0.6) is 0 Å². The summed E-state index contributed by atoms with van der Waals surface area (Å²) in [5.41, 5.74) is 3.00. The largest absolute Gasteiger partial charge is 0.377 e. The Morgan fingerprint density at radius 3 is 2.94 bits per heavy atom. The molecule has 0 radical (unpaired) electrons. The van der Waals surface area contributed by atoms with Gasteiger partial charge in [0.05, 0.1) is 11.6 Å². The van der Waals surface area contributed by atoms with Crippen molar-refractivity contribution in [3.63, 3.8) is 0 Å². The molecule has 0 fully saturated rings. The van der Waals surface area contributed by atoms with Crippen molar-refractivity contribution < 1.29 is 0 Å². The molecule has 3 rings (SSSR count). The van der Waals surface area contributed by atoms with Crippen LogP contribution in [-0.4, -0.2) is 9.97 Å². The lowest BCUT2D eigenvalue weighted by Gasteiger charge is -2.15. The number of rotatable bonds is 3. The highest BCUT2D eigenvalue weighted by atomic mass is 32.1. The Balaban J connectivity index is 1.95. The van der Waals surface area contributed by atoms with E-state index in [1.807, 2.05) is 36.2 Å². The topological polar surface area (TPSA) is 37.8 Å². The standard InChI is InChI=1S/C14H13N3S/c1-10(14-8-16-9-18-14)17-13-4-2-3-11-7-15-6-5-12(11)13/h2-10,17H,1H3. The molecule has 90 valence electrons. The summed E-state index contributed by atoms with van der Waals surface area (Å²) in [5, 5.41) is 5.88. The summed E-state index contributed by atoms with van der Waals surface area (Å²) in [6.07, 6.45) is 5.62. The first kappa shape index (κ1) is 11.2. The Morgan fingerprint density at radius 2 is 2.11 bits per heavy atom. The van der Waals surface area contributed by atoms with Crippen LogP contribution in [0.25, 0.3) is 10.8 Å². The van der Waals surface area contributed by atoms with Crippen molar-refractivity contribution in [3.8, 4) is 0 Å². The number of anilines is 1. The molecule has 0 aliphatic carbocycles. The second-order valence-corrected chi connectivity index (χ2v) is 5.09. The van der Waals surface area contributed by atoms with Gasteiger partial charge < -0.3 is 5.32 Å². The van der Waals surface area contributed by atoms with Gasteiger partial charge in [0.2, 0.25) is 0 Å². The van der Waals surface area contributed by atoms with Gasteiger partial charge in [-0.25, -0.2) is 0 Å². The minimum Gasteiger partial charge on any atom is -0.377 e. The molecule has 3 nitrogen and oxygen atoms in total. The van der Waals surface area contributed by atoms with Gasteiger partial charge in [0.1, 0.15) is 0 Å². The molecule has 4 heteroatoms. The molecule has 1 unspecified atom stereocenters. The van der Waals surface area contributed by atoms with Gasteiger partial charge in [-0.2, -0.15) is 0 Å². The van der Waals surface area contributed by atoms with Crippen molar-refractivity contribution in [1.29, 1.82) is 0 Å². The number of hydrogen-bond acceptors (Lipinski definition) is 4. The summed E-state index contributed by atoms with van der Waals surface area (Å²) in [4.78, 5) is 9.50. The summed E-state index contributed by atoms with van der Waals surface area (Å²) >= 11 is 1.67. The Bertz CT molecular complexity index is 644. The molecule has 3 aromatic rings. The van der Waals surface area contributed by atoms with Crippen molar-refractivity contribution >= 4 is 27.8 Å². The molecule has 1 atom stereocenters. The van der Waals surface area contributed by atoms with Crippen molar-refractivity contribution in [2.24, 2.45) is 0 Å². The fraction of sp³-hybridized carbons (Fsp3) is 0.143. The SMILES string of the molecule is CC(Nc1cccc2cnccc12)c1cncs1. The van der Waals surface area contributed by atoms with Crippen LogP contribution in [0.4, 0.5) is 5.69 Å². The molecule has 0 spiro atoms. The van der Waals surface area contributed by atoms with Gasteiger partial charge in [-0.1, -0.05) is 12.1 Å². The molecule has 2 heterocycles. The predicted octanol–water partition coefficient (Wildman–Crippen LogP) is 3.86. The van der Waals surface area contributed by atoms with Crippen LogP contribution in [0.1, 0.15) is 17.8 Å². The average Bonchev–Trinajstić information content (AvgIpc) is 2.93. The van der Waals surface area contributed by atoms with E-state index in [0.717, 1.165) is 11.1 Å². The quantitative estimate of drug-likeness (QED) is 0.772. The zero-order valence-electron chi connectivity index (χ0n) is 10.00. The van der Waals surface area contributed by atoms with Crippen LogP contribution in [-0.2, 0) is 0 Å². The number of pyridine rings is 1. The van der Waals surface area contributed by atoms with Gasteiger partial charge in [-0.05, 0) is 19.1 Å². The smallest absolute Gasteiger partial charge is 0.0795 e. The summed E-state index contributed by atoms with van der Waals surface area (Å²) in [6, 6.07) is 8.52. The van der Waals surface area contributed by atoms with Crippen LogP contribution in [0.2, 0.25) is 0 Å². The molecule has 2 aromatic heterocycles. The highest BCUT2D eigenvalue weighted by Crippen LogP contribution is 2.27. The van der Waals surface area contributed by atoms with E-state index in [9.17, 15) is 0 Å². The molecule has 0 bridgehead atoms. The van der Waals surface area contributed by atoms with Crippen LogP contribution < -0.4 is 5.32 Å². The first-order valence-electron chi connectivity index (χ1n) is 5.82. The predicted molar refractivity (Wildman–Crippen MR) is 75.9 cm³/mol. The number of hydrogen-bond donors (Lipinski definition) is 1. The molecule has 1 aromatic carbocycles. The van der Waals surface area contributed by atoms with Crippen LogP contribution in [0, 0.1) is 0 Å². The Kier molecular flexibility index (Phi) is 2.94. The summed E-state index contributed by atoms with van der Waals surface area (Å²) in [7, 11) is 0. The van der Waals surface area contributed by atoms with Crippen molar-refractivity contribution in [2.75, 3.05) is 5.32 Å². The van der Waals surface area contributed by atoms with E-state index in [-0.39, 0.29) is 6.04 Å². The first-order chi connectivity index (χ1) is 8.84. The third kappa shape index (κ3) is 2.07. The second kappa shape index (κ2) is 4.74. The third-order valence-electron chi connectivity index (χ3n) is 2.93. The Labute approximate surface area is 110 Å². The molecule has 0 saturated carbocycles. The molecular formula is C14H13N3S. The van der Waals surface area contributed by atoms with Crippen LogP contribution >= 0.6 is 11.3 Å². The van der Waals surface area contributed by atoms with E-state index in [1.54, 1.807) is 11.3 Å². The third-order valence-corrected chi connectivity index (χ3v) is 3.89. The summed E-state index contributed by atoms with van der Waals surface area (Å²) in [5.74, 6) is 0. The molecule has 0 aliphatic rings. The lowest BCUT2D eigenvalue weighted by Crippen LogP contribution is -2.05.